The Balaban J connectivity index is 2.30. The molecule has 0 N–H and O–H groups in total. The van der Waals surface area contributed by atoms with E-state index in [0.717, 1.165) is 8.08 Å². The van der Waals surface area contributed by atoms with Gasteiger partial charge >= 0.3 is 0 Å². The normalized spacial score (nSPS) is 7.25. The SMILES string of the molecule is C=P[B]C. The zero-order valence-corrected chi connectivity index (χ0v) is 3.63. The van der Waals surface area contributed by atoms with Crippen LogP contribution >= 0.6 is 8.08 Å². The summed E-state index contributed by atoms with van der Waals surface area (Å²) < 4.78 is 0. The molecule has 0 bridgehead atoms. The molecule has 0 spiro atoms. The lowest BCUT2D eigenvalue weighted by atomic mass is 10.2. The van der Waals surface area contributed by atoms with E-state index < -0.39 is 0 Å². The van der Waals surface area contributed by atoms with Crippen molar-refractivity contribution in [3.63, 3.8) is 0 Å². The van der Waals surface area contributed by atoms with Crippen LogP contribution < -0.4 is 0 Å². The highest BCUT2D eigenvalue weighted by Gasteiger charge is 1.53. The molecule has 0 saturated carbocycles. The van der Waals surface area contributed by atoms with Crippen LogP contribution in [0.2, 0.25) is 6.82 Å². The van der Waals surface area contributed by atoms with Crippen molar-refractivity contribution in [3.8, 4) is 0 Å². The van der Waals surface area contributed by atoms with E-state index in [0.29, 0.717) is 0 Å². The molecule has 1 radical (unpaired) electrons. The molecule has 0 heterocycles. The molecular weight excluding hydrogens is 65.8 g/mol. The molecule has 0 aliphatic carbocycles. The molecule has 0 aliphatic heterocycles. The van der Waals surface area contributed by atoms with Gasteiger partial charge in [-0.1, -0.05) is 13.1 Å². The van der Waals surface area contributed by atoms with Crippen molar-refractivity contribution in [1.82, 2.24) is 0 Å². The number of hydrogen-bond acceptors (Lipinski definition) is 0. The van der Waals surface area contributed by atoms with Crippen LogP contribution in [0.25, 0.3) is 0 Å². The van der Waals surface area contributed by atoms with Gasteiger partial charge in [0.25, 0.3) is 0 Å². The molecule has 0 rings (SSSR count). The van der Waals surface area contributed by atoms with Crippen LogP contribution in [0.5, 0.6) is 0 Å². The Morgan fingerprint density at radius 2 is 2.25 bits per heavy atom. The van der Waals surface area contributed by atoms with Crippen molar-refractivity contribution in [1.29, 1.82) is 0 Å². The minimum absolute atomic E-state index is 1.12. The lowest BCUT2D eigenvalue weighted by Crippen LogP contribution is -1.49. The molecule has 0 aromatic heterocycles. The minimum atomic E-state index is 1.12. The van der Waals surface area contributed by atoms with Gasteiger partial charge in [0, 0.05) is 0 Å². The summed E-state index contributed by atoms with van der Waals surface area (Å²) in [6, 6.07) is 0. The summed E-state index contributed by atoms with van der Waals surface area (Å²) in [7, 11) is 1.12. The van der Waals surface area contributed by atoms with Crippen molar-refractivity contribution in [2.45, 2.75) is 6.82 Å². The van der Waals surface area contributed by atoms with Crippen LogP contribution in [-0.2, 0) is 0 Å². The Bertz CT molecular complexity index is 20.0. The van der Waals surface area contributed by atoms with Gasteiger partial charge in [-0.3, -0.25) is 0 Å². The van der Waals surface area contributed by atoms with E-state index in [2.05, 4.69) is 6.30 Å². The zero-order valence-electron chi connectivity index (χ0n) is 2.73. The summed E-state index contributed by atoms with van der Waals surface area (Å²) in [4.78, 5) is 0. The Morgan fingerprint density at radius 3 is 2.25 bits per heavy atom. The van der Waals surface area contributed by atoms with E-state index in [9.17, 15) is 0 Å². The predicted octanol–water partition coefficient (Wildman–Crippen LogP) is 1.03. The fourth-order valence-electron chi connectivity index (χ4n) is 0. The zero-order chi connectivity index (χ0) is 3.41. The maximum Gasteiger partial charge on any atom is 0.179 e. The highest BCUT2D eigenvalue weighted by Crippen LogP contribution is 1.77. The Hall–Kier alpha value is 0.235. The average Bonchev–Trinajstić information content (AvgIpc) is 1.37. The molecule has 0 fully saturated rings. The largest absolute Gasteiger partial charge is 0.179 e. The summed E-state index contributed by atoms with van der Waals surface area (Å²) in [5.41, 5.74) is 0. The molecule has 2 heteroatoms. The summed E-state index contributed by atoms with van der Waals surface area (Å²) in [6.45, 7) is 3.97. The molecule has 0 aromatic carbocycles. The average molecular weight is 70.8 g/mol. The number of hydrogen-bond donors (Lipinski definition) is 0. The molecule has 21 valence electrons. The van der Waals surface area contributed by atoms with Gasteiger partial charge in [-0.15, -0.1) is 0 Å². The van der Waals surface area contributed by atoms with Gasteiger partial charge in [0.1, 0.15) is 0 Å². The van der Waals surface area contributed by atoms with Crippen LogP contribution in [0.4, 0.5) is 0 Å². The van der Waals surface area contributed by atoms with Gasteiger partial charge < -0.3 is 0 Å². The quantitative estimate of drug-likeness (QED) is 0.320. The third-order valence-electron chi connectivity index (χ3n) is 0.183. The van der Waals surface area contributed by atoms with Crippen molar-refractivity contribution in [2.24, 2.45) is 0 Å². The van der Waals surface area contributed by atoms with Gasteiger partial charge in [-0.05, 0) is 0 Å². The third kappa shape index (κ3) is 2.23. The second-order valence-electron chi connectivity index (χ2n) is 0.441. The summed E-state index contributed by atoms with van der Waals surface area (Å²) in [5, 5.41) is 0. The molecule has 0 amide bonds. The minimum Gasteiger partial charge on any atom is -0.169 e. The van der Waals surface area contributed by atoms with E-state index >= 15 is 0 Å². The monoisotopic (exact) mass is 71.0 g/mol. The molecule has 0 atom stereocenters. The Labute approximate surface area is 29.2 Å². The first kappa shape index (κ1) is 4.23. The first-order valence-corrected chi connectivity index (χ1v) is 2.30. The van der Waals surface area contributed by atoms with Crippen molar-refractivity contribution in [3.05, 3.63) is 0 Å². The predicted molar refractivity (Wildman–Crippen MR) is 25.7 cm³/mol. The first-order valence-electron chi connectivity index (χ1n) is 1.15. The molecule has 4 heavy (non-hydrogen) atoms. The molecule has 0 aromatic rings. The van der Waals surface area contributed by atoms with E-state index in [1.807, 2.05) is 13.8 Å². The van der Waals surface area contributed by atoms with Gasteiger partial charge in [0.05, 0.1) is 0 Å². The van der Waals surface area contributed by atoms with Crippen LogP contribution in [0.3, 0.4) is 0 Å². The Morgan fingerprint density at radius 1 is 2.00 bits per heavy atom. The topological polar surface area (TPSA) is 0 Å². The highest BCUT2D eigenvalue weighted by atomic mass is 31.0. The highest BCUT2D eigenvalue weighted by molar-refractivity contribution is 7.69. The third-order valence-corrected chi connectivity index (χ3v) is 0.548. The van der Waals surface area contributed by atoms with Crippen LogP contribution in [-0.4, -0.2) is 13.3 Å². The van der Waals surface area contributed by atoms with Crippen LogP contribution in [0.15, 0.2) is 0 Å². The fraction of sp³-hybridized carbons (Fsp3) is 0.500. The van der Waals surface area contributed by atoms with E-state index in [1.54, 1.807) is 0 Å². The molecule has 0 nitrogen and oxygen atoms in total. The van der Waals surface area contributed by atoms with Gasteiger partial charge in [0.2, 0.25) is 0 Å². The van der Waals surface area contributed by atoms with Gasteiger partial charge in [0.15, 0.2) is 7.00 Å². The van der Waals surface area contributed by atoms with Crippen molar-refractivity contribution in [2.75, 3.05) is 0 Å². The maximum atomic E-state index is 3.52. The molecule has 0 saturated heterocycles. The lowest BCUT2D eigenvalue weighted by molar-refractivity contribution is 2.38. The maximum absolute atomic E-state index is 3.52. The smallest absolute Gasteiger partial charge is 0.169 e. The van der Waals surface area contributed by atoms with Crippen molar-refractivity contribution >= 4 is 21.4 Å². The Kier molecular flexibility index (Phi) is 3.42. The van der Waals surface area contributed by atoms with E-state index in [-0.39, 0.29) is 0 Å². The fourth-order valence-corrected chi connectivity index (χ4v) is 0. The summed E-state index contributed by atoms with van der Waals surface area (Å²) in [6.07, 6.45) is 3.52. The van der Waals surface area contributed by atoms with Crippen LogP contribution in [0, 0.1) is 0 Å². The standard InChI is InChI=1S/C2H5BP/c1-3-4-2/h2H2,1H3. The summed E-state index contributed by atoms with van der Waals surface area (Å²) in [5.74, 6) is 0. The van der Waals surface area contributed by atoms with E-state index in [1.165, 1.54) is 0 Å². The second-order valence-corrected chi connectivity index (χ2v) is 1.32. The van der Waals surface area contributed by atoms with Gasteiger partial charge in [-0.2, -0.15) is 8.08 Å². The van der Waals surface area contributed by atoms with E-state index in [4.69, 9.17) is 0 Å². The summed E-state index contributed by atoms with van der Waals surface area (Å²) >= 11 is 0. The van der Waals surface area contributed by atoms with Gasteiger partial charge in [-0.25, -0.2) is 0 Å². The molecule has 0 aliphatic rings. The van der Waals surface area contributed by atoms with Crippen LogP contribution in [0.1, 0.15) is 0 Å². The lowest BCUT2D eigenvalue weighted by Gasteiger charge is -1.52. The van der Waals surface area contributed by atoms with Crippen molar-refractivity contribution < 1.29 is 0 Å². The number of rotatable bonds is 1. The molecule has 0 unspecified atom stereocenters. The first-order chi connectivity index (χ1) is 1.91. The second kappa shape index (κ2) is 3.23. The molecular formula is C2H5BP.